The molecule has 0 spiro atoms. The molecule has 3 nitrogen and oxygen atoms in total. The Kier molecular flexibility index (Phi) is 2.92. The molecule has 0 saturated heterocycles. The highest BCUT2D eigenvalue weighted by Crippen LogP contribution is 2.19. The van der Waals surface area contributed by atoms with Gasteiger partial charge in [0.25, 0.3) is 0 Å². The van der Waals surface area contributed by atoms with E-state index in [0.717, 1.165) is 19.1 Å². The van der Waals surface area contributed by atoms with E-state index in [1.807, 2.05) is 18.5 Å². The molecule has 88 valence electrons. The average molecular weight is 227 g/mol. The Bertz CT molecular complexity index is 471. The van der Waals surface area contributed by atoms with Crippen molar-refractivity contribution in [3.05, 3.63) is 54.1 Å². The van der Waals surface area contributed by atoms with E-state index in [2.05, 4.69) is 39.4 Å². The zero-order chi connectivity index (χ0) is 11.5. The number of hydrogen-bond donors (Lipinski definition) is 1. The van der Waals surface area contributed by atoms with Crippen LogP contribution in [0.5, 0.6) is 0 Å². The van der Waals surface area contributed by atoms with Crippen molar-refractivity contribution in [2.75, 3.05) is 0 Å². The molecule has 1 saturated carbocycles. The van der Waals surface area contributed by atoms with Crippen LogP contribution in [0.15, 0.2) is 43.0 Å². The molecule has 1 aliphatic rings. The molecule has 0 aromatic carbocycles. The lowest BCUT2D eigenvalue weighted by Crippen LogP contribution is -2.14. The van der Waals surface area contributed by atoms with E-state index in [0.29, 0.717) is 0 Å². The molecule has 0 radical (unpaired) electrons. The van der Waals surface area contributed by atoms with Gasteiger partial charge in [-0.25, -0.2) is 0 Å². The summed E-state index contributed by atoms with van der Waals surface area (Å²) in [5, 5.41) is 3.52. The van der Waals surface area contributed by atoms with Gasteiger partial charge in [0.15, 0.2) is 0 Å². The Morgan fingerprint density at radius 2 is 2.24 bits per heavy atom. The first-order chi connectivity index (χ1) is 8.40. The third-order valence-corrected chi connectivity index (χ3v) is 3.07. The van der Waals surface area contributed by atoms with Gasteiger partial charge in [-0.05, 0) is 36.1 Å². The molecule has 2 heterocycles. The van der Waals surface area contributed by atoms with Gasteiger partial charge in [0.1, 0.15) is 0 Å². The molecule has 1 N–H and O–H groups in total. The number of hydrogen-bond acceptors (Lipinski definition) is 2. The summed E-state index contributed by atoms with van der Waals surface area (Å²) >= 11 is 0. The van der Waals surface area contributed by atoms with Crippen molar-refractivity contribution < 1.29 is 0 Å². The van der Waals surface area contributed by atoms with Gasteiger partial charge in [0, 0.05) is 43.9 Å². The number of nitrogens with one attached hydrogen (secondary N) is 1. The highest BCUT2D eigenvalue weighted by Gasteiger charge is 2.19. The third-order valence-electron chi connectivity index (χ3n) is 3.07. The Balaban J connectivity index is 1.59. The predicted molar refractivity (Wildman–Crippen MR) is 67.6 cm³/mol. The first-order valence-electron chi connectivity index (χ1n) is 6.17. The highest BCUT2D eigenvalue weighted by molar-refractivity contribution is 5.14. The van der Waals surface area contributed by atoms with E-state index in [-0.39, 0.29) is 0 Å². The van der Waals surface area contributed by atoms with Crippen LogP contribution in [0.2, 0.25) is 0 Å². The maximum absolute atomic E-state index is 4.13. The van der Waals surface area contributed by atoms with Crippen molar-refractivity contribution in [1.82, 2.24) is 14.9 Å². The molecule has 0 amide bonds. The van der Waals surface area contributed by atoms with Crippen molar-refractivity contribution in [1.29, 1.82) is 0 Å². The molecule has 1 fully saturated rings. The van der Waals surface area contributed by atoms with Crippen LogP contribution in [-0.2, 0) is 13.1 Å². The van der Waals surface area contributed by atoms with Gasteiger partial charge in [0.2, 0.25) is 0 Å². The lowest BCUT2D eigenvalue weighted by Gasteiger charge is -2.02. The Morgan fingerprint density at radius 3 is 3.00 bits per heavy atom. The SMILES string of the molecule is c1cncc(Cn2ccc(CNC3CC3)c2)c1. The maximum Gasteiger partial charge on any atom is 0.0485 e. The molecule has 0 unspecified atom stereocenters. The van der Waals surface area contributed by atoms with Crippen LogP contribution in [0.3, 0.4) is 0 Å². The van der Waals surface area contributed by atoms with Gasteiger partial charge in [-0.1, -0.05) is 6.07 Å². The minimum Gasteiger partial charge on any atom is -0.350 e. The van der Waals surface area contributed by atoms with E-state index >= 15 is 0 Å². The third kappa shape index (κ3) is 2.94. The molecule has 2 aromatic heterocycles. The zero-order valence-electron chi connectivity index (χ0n) is 9.84. The first-order valence-corrected chi connectivity index (χ1v) is 6.17. The fourth-order valence-electron chi connectivity index (χ4n) is 1.95. The minimum atomic E-state index is 0.775. The molecule has 0 bridgehead atoms. The van der Waals surface area contributed by atoms with E-state index in [9.17, 15) is 0 Å². The second-order valence-electron chi connectivity index (χ2n) is 4.71. The minimum absolute atomic E-state index is 0.775. The Hall–Kier alpha value is -1.61. The van der Waals surface area contributed by atoms with Crippen LogP contribution in [0.25, 0.3) is 0 Å². The lowest BCUT2D eigenvalue weighted by atomic mass is 10.3. The van der Waals surface area contributed by atoms with Crippen LogP contribution in [0.4, 0.5) is 0 Å². The number of nitrogens with zero attached hydrogens (tertiary/aromatic N) is 2. The van der Waals surface area contributed by atoms with Crippen molar-refractivity contribution in [2.45, 2.75) is 32.0 Å². The fourth-order valence-corrected chi connectivity index (χ4v) is 1.95. The van der Waals surface area contributed by atoms with Gasteiger partial charge >= 0.3 is 0 Å². The summed E-state index contributed by atoms with van der Waals surface area (Å²) < 4.78 is 2.21. The van der Waals surface area contributed by atoms with Crippen molar-refractivity contribution in [3.63, 3.8) is 0 Å². The molecule has 0 atom stereocenters. The standard InChI is InChI=1S/C14H17N3/c1-2-12(8-15-6-1)10-17-7-5-13(11-17)9-16-14-3-4-14/h1-2,5-8,11,14,16H,3-4,9-10H2. The number of rotatable bonds is 5. The van der Waals surface area contributed by atoms with Crippen LogP contribution < -0.4 is 5.32 Å². The maximum atomic E-state index is 4.13. The highest BCUT2D eigenvalue weighted by atomic mass is 15.0. The van der Waals surface area contributed by atoms with Gasteiger partial charge in [-0.15, -0.1) is 0 Å². The van der Waals surface area contributed by atoms with Crippen LogP contribution in [0.1, 0.15) is 24.0 Å². The predicted octanol–water partition coefficient (Wildman–Crippen LogP) is 2.18. The van der Waals surface area contributed by atoms with Gasteiger partial charge in [-0.2, -0.15) is 0 Å². The Labute approximate surface area is 101 Å². The quantitative estimate of drug-likeness (QED) is 0.848. The van der Waals surface area contributed by atoms with Gasteiger partial charge in [-0.3, -0.25) is 4.98 Å². The van der Waals surface area contributed by atoms with E-state index < -0.39 is 0 Å². The van der Waals surface area contributed by atoms with E-state index in [1.54, 1.807) is 0 Å². The molecule has 3 rings (SSSR count). The summed E-state index contributed by atoms with van der Waals surface area (Å²) in [4.78, 5) is 4.13. The van der Waals surface area contributed by atoms with Crippen LogP contribution >= 0.6 is 0 Å². The molecule has 1 aliphatic carbocycles. The summed E-state index contributed by atoms with van der Waals surface area (Å²) in [6.07, 6.45) is 10.8. The largest absolute Gasteiger partial charge is 0.350 e. The van der Waals surface area contributed by atoms with Crippen molar-refractivity contribution >= 4 is 0 Å². The number of aromatic nitrogens is 2. The van der Waals surface area contributed by atoms with Gasteiger partial charge in [0.05, 0.1) is 0 Å². The molecule has 17 heavy (non-hydrogen) atoms. The van der Waals surface area contributed by atoms with Crippen LogP contribution in [-0.4, -0.2) is 15.6 Å². The average Bonchev–Trinajstić information content (AvgIpc) is 3.09. The summed E-state index contributed by atoms with van der Waals surface area (Å²) in [5.74, 6) is 0. The van der Waals surface area contributed by atoms with Crippen molar-refractivity contribution in [3.8, 4) is 0 Å². The van der Waals surface area contributed by atoms with E-state index in [1.165, 1.54) is 24.0 Å². The molecular weight excluding hydrogens is 210 g/mol. The normalized spacial score (nSPS) is 15.1. The molecule has 3 heteroatoms. The lowest BCUT2D eigenvalue weighted by molar-refractivity contribution is 0.685. The second-order valence-corrected chi connectivity index (χ2v) is 4.71. The van der Waals surface area contributed by atoms with Crippen LogP contribution in [0, 0.1) is 0 Å². The topological polar surface area (TPSA) is 29.9 Å². The van der Waals surface area contributed by atoms with E-state index in [4.69, 9.17) is 0 Å². The second kappa shape index (κ2) is 4.72. The fraction of sp³-hybridized carbons (Fsp3) is 0.357. The molecule has 0 aliphatic heterocycles. The summed E-state index contributed by atoms with van der Waals surface area (Å²) in [7, 11) is 0. The monoisotopic (exact) mass is 227 g/mol. The molecule has 2 aromatic rings. The summed E-state index contributed by atoms with van der Waals surface area (Å²) in [5.41, 5.74) is 2.60. The summed E-state index contributed by atoms with van der Waals surface area (Å²) in [6, 6.07) is 7.05. The van der Waals surface area contributed by atoms with Gasteiger partial charge < -0.3 is 9.88 Å². The zero-order valence-corrected chi connectivity index (χ0v) is 9.84. The Morgan fingerprint density at radius 1 is 1.29 bits per heavy atom. The smallest absolute Gasteiger partial charge is 0.0485 e. The first kappa shape index (κ1) is 10.5. The summed E-state index contributed by atoms with van der Waals surface area (Å²) in [6.45, 7) is 1.89. The van der Waals surface area contributed by atoms with Crippen molar-refractivity contribution in [2.24, 2.45) is 0 Å². The molecular formula is C14H17N3. The number of pyridine rings is 1.